The summed E-state index contributed by atoms with van der Waals surface area (Å²) in [6, 6.07) is -0.905. The van der Waals surface area contributed by atoms with Crippen molar-refractivity contribution < 1.29 is 44.4 Å². The zero-order chi connectivity index (χ0) is 30.6. The van der Waals surface area contributed by atoms with Crippen molar-refractivity contribution in [3.8, 4) is 0 Å². The molecular formula is C27H48N4O9. The fourth-order valence-corrected chi connectivity index (χ4v) is 5.13. The van der Waals surface area contributed by atoms with Gasteiger partial charge in [0.25, 0.3) is 0 Å². The fraction of sp³-hybridized carbons (Fsp3) is 0.815. The first kappa shape index (κ1) is 35.4. The van der Waals surface area contributed by atoms with Gasteiger partial charge in [0.05, 0.1) is 19.6 Å². The molecule has 0 aromatic heterocycles. The molecule has 1 fully saturated rings. The van der Waals surface area contributed by atoms with Crippen molar-refractivity contribution in [1.82, 2.24) is 19.6 Å². The molecule has 1 heterocycles. The van der Waals surface area contributed by atoms with E-state index in [9.17, 15) is 44.4 Å². The molecule has 0 aromatic rings. The monoisotopic (exact) mass is 572 g/mol. The molecule has 0 spiro atoms. The van der Waals surface area contributed by atoms with Crippen LogP contribution < -0.4 is 0 Å². The third-order valence-electron chi connectivity index (χ3n) is 7.94. The van der Waals surface area contributed by atoms with Crippen LogP contribution in [0.3, 0.4) is 0 Å². The topological polar surface area (TPSA) is 179 Å². The molecule has 0 aliphatic carbocycles. The molecule has 1 saturated heterocycles. The molecule has 0 bridgehead atoms. The number of rotatable bonds is 14. The van der Waals surface area contributed by atoms with E-state index in [2.05, 4.69) is 0 Å². The number of hydrogen-bond donors (Lipinski definition) is 4. The molecule has 1 rings (SSSR count). The highest BCUT2D eigenvalue weighted by Crippen LogP contribution is 2.34. The zero-order valence-corrected chi connectivity index (χ0v) is 24.5. The number of hydrogen-bond acceptors (Lipinski definition) is 9. The van der Waals surface area contributed by atoms with Crippen LogP contribution in [0.2, 0.25) is 0 Å². The van der Waals surface area contributed by atoms with Gasteiger partial charge >= 0.3 is 23.9 Å². The van der Waals surface area contributed by atoms with E-state index in [1.54, 1.807) is 19.6 Å². The predicted molar refractivity (Wildman–Crippen MR) is 147 cm³/mol. The van der Waals surface area contributed by atoms with Gasteiger partial charge in [-0.1, -0.05) is 34.6 Å². The minimum absolute atomic E-state index is 0.0797. The van der Waals surface area contributed by atoms with Gasteiger partial charge in [-0.2, -0.15) is 0 Å². The summed E-state index contributed by atoms with van der Waals surface area (Å²) in [4.78, 5) is 66.3. The normalized spacial score (nSPS) is 19.4. The summed E-state index contributed by atoms with van der Waals surface area (Å²) in [6.07, 6.45) is 0.760. The lowest BCUT2D eigenvalue weighted by molar-refractivity contribution is -0.145. The predicted octanol–water partition coefficient (Wildman–Crippen LogP) is 0.583. The highest BCUT2D eigenvalue weighted by molar-refractivity contribution is 5.86. The lowest BCUT2D eigenvalue weighted by atomic mass is 9.71. The first-order valence-electron chi connectivity index (χ1n) is 13.9. The SMILES string of the molecule is CC(C)C(=O)C(C)(C)C(C)CCC(C(=O)O)N1CCN(CC(=O)O)CCN(CC(=O)O)CCN(CC(=O)O)CC1. The Bertz CT molecular complexity index is 848. The van der Waals surface area contributed by atoms with E-state index in [1.165, 1.54) is 0 Å². The maximum absolute atomic E-state index is 12.8. The lowest BCUT2D eigenvalue weighted by Crippen LogP contribution is -2.52. The van der Waals surface area contributed by atoms with Gasteiger partial charge in [-0.25, -0.2) is 0 Å². The molecule has 0 radical (unpaired) electrons. The average molecular weight is 573 g/mol. The van der Waals surface area contributed by atoms with Crippen LogP contribution in [0.4, 0.5) is 0 Å². The standard InChI is InChI=1S/C27H48N4O9/c1-19(2)25(38)27(4,5)20(3)6-7-21(26(39)40)31-14-12-29(17-23(34)35)10-8-28(16-22(32)33)9-11-30(13-15-31)18-24(36)37/h19-21H,6-18H2,1-5H3,(H,32,33)(H,34,35)(H,36,37)(H,39,40). The van der Waals surface area contributed by atoms with E-state index >= 15 is 0 Å². The number of carboxylic acids is 4. The average Bonchev–Trinajstić information content (AvgIpc) is 2.83. The van der Waals surface area contributed by atoms with E-state index in [0.717, 1.165) is 0 Å². The third kappa shape index (κ3) is 12.3. The zero-order valence-electron chi connectivity index (χ0n) is 24.5. The van der Waals surface area contributed by atoms with Gasteiger partial charge in [-0.3, -0.25) is 43.6 Å². The highest BCUT2D eigenvalue weighted by Gasteiger charge is 2.36. The van der Waals surface area contributed by atoms with Crippen LogP contribution >= 0.6 is 0 Å². The summed E-state index contributed by atoms with van der Waals surface area (Å²) >= 11 is 0. The molecule has 40 heavy (non-hydrogen) atoms. The van der Waals surface area contributed by atoms with Crippen molar-refractivity contribution in [2.24, 2.45) is 17.3 Å². The van der Waals surface area contributed by atoms with E-state index in [4.69, 9.17) is 0 Å². The van der Waals surface area contributed by atoms with Crippen LogP contribution in [0.15, 0.2) is 0 Å². The molecule has 2 atom stereocenters. The lowest BCUT2D eigenvalue weighted by Gasteiger charge is -2.37. The molecule has 0 amide bonds. The second kappa shape index (κ2) is 16.6. The quantitative estimate of drug-likeness (QED) is 0.227. The van der Waals surface area contributed by atoms with Gasteiger partial charge < -0.3 is 20.4 Å². The Labute approximate surface area is 236 Å². The van der Waals surface area contributed by atoms with Crippen LogP contribution in [0, 0.1) is 17.3 Å². The van der Waals surface area contributed by atoms with Crippen LogP contribution in [-0.2, 0) is 24.0 Å². The van der Waals surface area contributed by atoms with Gasteiger partial charge in [-0.15, -0.1) is 0 Å². The highest BCUT2D eigenvalue weighted by atomic mass is 16.4. The fourth-order valence-electron chi connectivity index (χ4n) is 5.13. The molecule has 13 nitrogen and oxygen atoms in total. The number of Topliss-reactive ketones (excluding diaryl/α,β-unsaturated/α-hetero) is 1. The van der Waals surface area contributed by atoms with Crippen LogP contribution in [0.5, 0.6) is 0 Å². The summed E-state index contributed by atoms with van der Waals surface area (Å²) < 4.78 is 0. The summed E-state index contributed by atoms with van der Waals surface area (Å²) in [6.45, 7) is 10.6. The van der Waals surface area contributed by atoms with E-state index in [0.29, 0.717) is 6.42 Å². The largest absolute Gasteiger partial charge is 0.480 e. The Morgan fingerprint density at radius 2 is 0.975 bits per heavy atom. The minimum Gasteiger partial charge on any atom is -0.480 e. The van der Waals surface area contributed by atoms with E-state index < -0.39 is 35.3 Å². The van der Waals surface area contributed by atoms with Crippen molar-refractivity contribution >= 4 is 29.7 Å². The van der Waals surface area contributed by atoms with Crippen LogP contribution in [-0.4, -0.2) is 148 Å². The Balaban J connectivity index is 3.19. The summed E-state index contributed by atoms with van der Waals surface area (Å²) in [7, 11) is 0. The Morgan fingerprint density at radius 3 is 1.27 bits per heavy atom. The molecule has 2 unspecified atom stereocenters. The van der Waals surface area contributed by atoms with Crippen molar-refractivity contribution in [3.63, 3.8) is 0 Å². The number of nitrogens with zero attached hydrogens (tertiary/aromatic N) is 4. The molecule has 1 aliphatic rings. The third-order valence-corrected chi connectivity index (χ3v) is 7.94. The molecule has 1 aliphatic heterocycles. The number of ketones is 1. The Hall–Kier alpha value is -2.61. The van der Waals surface area contributed by atoms with Gasteiger partial charge in [0.1, 0.15) is 11.8 Å². The van der Waals surface area contributed by atoms with Crippen molar-refractivity contribution in [2.45, 2.75) is 53.5 Å². The first-order chi connectivity index (χ1) is 18.5. The van der Waals surface area contributed by atoms with Crippen molar-refractivity contribution in [2.75, 3.05) is 72.0 Å². The minimum atomic E-state index is -1.04. The van der Waals surface area contributed by atoms with Gasteiger partial charge in [-0.05, 0) is 18.8 Å². The summed E-state index contributed by atoms with van der Waals surface area (Å²) in [5.74, 6) is -4.27. The van der Waals surface area contributed by atoms with Gasteiger partial charge in [0.2, 0.25) is 0 Å². The first-order valence-corrected chi connectivity index (χ1v) is 13.9. The Kier molecular flexibility index (Phi) is 14.7. The second-order valence-corrected chi connectivity index (χ2v) is 11.6. The summed E-state index contributed by atoms with van der Waals surface area (Å²) in [5.41, 5.74) is -0.628. The number of aliphatic carboxylic acids is 4. The maximum atomic E-state index is 12.8. The molecule has 4 N–H and O–H groups in total. The Morgan fingerprint density at radius 1 is 0.625 bits per heavy atom. The van der Waals surface area contributed by atoms with Crippen LogP contribution in [0.1, 0.15) is 47.5 Å². The number of carbonyl (C=O) groups excluding carboxylic acids is 1. The van der Waals surface area contributed by atoms with Crippen molar-refractivity contribution in [1.29, 1.82) is 0 Å². The molecule has 0 saturated carbocycles. The molecular weight excluding hydrogens is 524 g/mol. The maximum Gasteiger partial charge on any atom is 0.320 e. The molecule has 13 heteroatoms. The van der Waals surface area contributed by atoms with Crippen molar-refractivity contribution in [3.05, 3.63) is 0 Å². The number of carboxylic acid groups (broad SMARTS) is 4. The van der Waals surface area contributed by atoms with Gasteiger partial charge in [0.15, 0.2) is 0 Å². The van der Waals surface area contributed by atoms with E-state index in [1.807, 2.05) is 34.6 Å². The van der Waals surface area contributed by atoms with Gasteiger partial charge in [0, 0.05) is 63.7 Å². The summed E-state index contributed by atoms with van der Waals surface area (Å²) in [5, 5.41) is 38.3. The molecule has 230 valence electrons. The van der Waals surface area contributed by atoms with E-state index in [-0.39, 0.29) is 96.0 Å². The second-order valence-electron chi connectivity index (χ2n) is 11.6. The number of carbonyl (C=O) groups is 5. The smallest absolute Gasteiger partial charge is 0.320 e. The molecule has 0 aromatic carbocycles. The van der Waals surface area contributed by atoms with Crippen LogP contribution in [0.25, 0.3) is 0 Å².